The molecule has 0 saturated heterocycles. The minimum absolute atomic E-state index is 0.104. The van der Waals surface area contributed by atoms with E-state index >= 15 is 0 Å². The normalized spacial score (nSPS) is 15.6. The van der Waals surface area contributed by atoms with Gasteiger partial charge in [-0.25, -0.2) is 0 Å². The quantitative estimate of drug-likeness (QED) is 0.0580. The molecule has 0 radical (unpaired) electrons. The van der Waals surface area contributed by atoms with E-state index in [1.807, 2.05) is 0 Å². The number of carbonyl (C=O) groups is 4. The van der Waals surface area contributed by atoms with Crippen LogP contribution < -0.4 is 33.2 Å². The number of carboxylic acid groups (broad SMARTS) is 1. The number of nitrogens with one attached hydrogen (secondary N) is 3. The van der Waals surface area contributed by atoms with Crippen LogP contribution in [0.25, 0.3) is 0 Å². The van der Waals surface area contributed by atoms with Crippen LogP contribution in [0.4, 0.5) is 0 Å². The number of hydrogen-bond acceptors (Lipinski definition) is 8. The van der Waals surface area contributed by atoms with Gasteiger partial charge in [0.1, 0.15) is 24.2 Å². The maximum Gasteiger partial charge on any atom is 0.325 e. The molecule has 11 N–H and O–H groups in total. The Morgan fingerprint density at radius 2 is 1.53 bits per heavy atom. The monoisotopic (exact) mass is 449 g/mol. The van der Waals surface area contributed by atoms with E-state index < -0.39 is 54.0 Å². The molecule has 14 heteroatoms. The lowest BCUT2D eigenvalue weighted by molar-refractivity contribution is -0.141. The number of aliphatic hydroxyl groups is 1. The summed E-state index contributed by atoms with van der Waals surface area (Å²) >= 11 is 4.00. The number of amides is 3. The van der Waals surface area contributed by atoms with Crippen molar-refractivity contribution in [1.82, 2.24) is 16.0 Å². The van der Waals surface area contributed by atoms with Gasteiger partial charge in [-0.3, -0.25) is 24.2 Å². The van der Waals surface area contributed by atoms with E-state index in [2.05, 4.69) is 33.6 Å². The molecule has 0 fully saturated rings. The van der Waals surface area contributed by atoms with Crippen molar-refractivity contribution >= 4 is 42.3 Å². The number of carboxylic acids is 1. The molecule has 0 aliphatic rings. The Balaban J connectivity index is 5.21. The standard InChI is InChI=1S/C16H31N7O6S/c1-7(15(28)29)21-13(26)10(6-30)23-12(25)9(4-3-5-20-16(18)19)22-14(27)11(17)8(2)24/h7-11,24,30H,3-6,17H2,1-2H3,(H,21,26)(H,22,27)(H,23,25)(H,28,29)(H4,18,19,20). The van der Waals surface area contributed by atoms with Crippen LogP contribution in [0.1, 0.15) is 26.7 Å². The van der Waals surface area contributed by atoms with Gasteiger partial charge in [0.05, 0.1) is 6.10 Å². The van der Waals surface area contributed by atoms with Gasteiger partial charge in [0.25, 0.3) is 0 Å². The fourth-order valence-corrected chi connectivity index (χ4v) is 2.36. The van der Waals surface area contributed by atoms with Crippen LogP contribution in [0.15, 0.2) is 4.99 Å². The Morgan fingerprint density at radius 1 is 1.00 bits per heavy atom. The number of aliphatic imine (C=N–C) groups is 1. The Bertz CT molecular complexity index is 642. The van der Waals surface area contributed by atoms with Crippen LogP contribution in [-0.4, -0.2) is 82.4 Å². The summed E-state index contributed by atoms with van der Waals surface area (Å²) in [6.45, 7) is 2.78. The van der Waals surface area contributed by atoms with E-state index in [1.165, 1.54) is 13.8 Å². The number of nitrogens with zero attached hydrogens (tertiary/aromatic N) is 1. The largest absolute Gasteiger partial charge is 0.480 e. The second kappa shape index (κ2) is 13.6. The average molecular weight is 450 g/mol. The summed E-state index contributed by atoms with van der Waals surface area (Å²) in [5.74, 6) is -3.73. The maximum absolute atomic E-state index is 12.6. The van der Waals surface area contributed by atoms with Crippen LogP contribution in [0.5, 0.6) is 0 Å². The number of guanidine groups is 1. The van der Waals surface area contributed by atoms with E-state index in [4.69, 9.17) is 22.3 Å². The highest BCUT2D eigenvalue weighted by Crippen LogP contribution is 2.02. The molecule has 0 aliphatic carbocycles. The van der Waals surface area contributed by atoms with Gasteiger partial charge in [0.2, 0.25) is 17.7 Å². The number of rotatable bonds is 13. The van der Waals surface area contributed by atoms with E-state index in [0.29, 0.717) is 6.42 Å². The summed E-state index contributed by atoms with van der Waals surface area (Å²) in [4.78, 5) is 51.6. The Morgan fingerprint density at radius 3 is 2.00 bits per heavy atom. The van der Waals surface area contributed by atoms with E-state index in [1.54, 1.807) is 0 Å². The van der Waals surface area contributed by atoms with Gasteiger partial charge in [-0.2, -0.15) is 12.6 Å². The molecule has 0 bridgehead atoms. The Hall–Kier alpha value is -2.58. The van der Waals surface area contributed by atoms with Crippen molar-refractivity contribution in [2.24, 2.45) is 22.2 Å². The van der Waals surface area contributed by atoms with E-state index in [-0.39, 0.29) is 24.7 Å². The van der Waals surface area contributed by atoms with Crippen LogP contribution >= 0.6 is 12.6 Å². The summed E-state index contributed by atoms with van der Waals surface area (Å²) < 4.78 is 0. The van der Waals surface area contributed by atoms with Gasteiger partial charge in [0, 0.05) is 12.3 Å². The molecule has 172 valence electrons. The molecule has 0 aromatic rings. The summed E-state index contributed by atoms with van der Waals surface area (Å²) in [7, 11) is 0. The molecule has 0 aromatic carbocycles. The molecule has 13 nitrogen and oxygen atoms in total. The third-order valence-electron chi connectivity index (χ3n) is 3.95. The zero-order valence-electron chi connectivity index (χ0n) is 16.9. The molecule has 0 aliphatic heterocycles. The number of thiol groups is 1. The second-order valence-electron chi connectivity index (χ2n) is 6.59. The predicted octanol–water partition coefficient (Wildman–Crippen LogP) is -3.76. The first-order chi connectivity index (χ1) is 13.9. The molecular formula is C16H31N7O6S. The van der Waals surface area contributed by atoms with Gasteiger partial charge >= 0.3 is 5.97 Å². The van der Waals surface area contributed by atoms with Crippen molar-refractivity contribution in [1.29, 1.82) is 0 Å². The van der Waals surface area contributed by atoms with Gasteiger partial charge in [-0.05, 0) is 26.7 Å². The molecule has 5 unspecified atom stereocenters. The highest BCUT2D eigenvalue weighted by molar-refractivity contribution is 7.80. The minimum Gasteiger partial charge on any atom is -0.480 e. The van der Waals surface area contributed by atoms with Gasteiger partial charge < -0.3 is 43.4 Å². The van der Waals surface area contributed by atoms with Gasteiger partial charge in [-0.1, -0.05) is 0 Å². The zero-order valence-corrected chi connectivity index (χ0v) is 17.8. The second-order valence-corrected chi connectivity index (χ2v) is 6.95. The van der Waals surface area contributed by atoms with Crippen molar-refractivity contribution < 1.29 is 29.4 Å². The molecule has 0 spiro atoms. The first-order valence-corrected chi connectivity index (χ1v) is 9.77. The SMILES string of the molecule is CC(NC(=O)C(CS)NC(=O)C(CCCN=C(N)N)NC(=O)C(N)C(C)O)C(=O)O. The molecule has 0 rings (SSSR count). The lowest BCUT2D eigenvalue weighted by Gasteiger charge is -2.24. The summed E-state index contributed by atoms with van der Waals surface area (Å²) in [6, 6.07) is -4.69. The minimum atomic E-state index is -1.27. The first-order valence-electron chi connectivity index (χ1n) is 9.14. The Labute approximate surface area is 179 Å². The number of hydrogen-bond donors (Lipinski definition) is 9. The number of carbonyl (C=O) groups excluding carboxylic acids is 3. The first kappa shape index (κ1) is 27.4. The molecule has 0 saturated carbocycles. The van der Waals surface area contributed by atoms with Crippen molar-refractivity contribution in [3.8, 4) is 0 Å². The van der Waals surface area contributed by atoms with Crippen LogP contribution in [0.2, 0.25) is 0 Å². The summed E-state index contributed by atoms with van der Waals surface area (Å²) in [5, 5.41) is 25.4. The third-order valence-corrected chi connectivity index (χ3v) is 4.31. The number of nitrogens with two attached hydrogens (primary N) is 3. The fourth-order valence-electron chi connectivity index (χ4n) is 2.10. The predicted molar refractivity (Wildman–Crippen MR) is 113 cm³/mol. The highest BCUT2D eigenvalue weighted by atomic mass is 32.1. The summed E-state index contributed by atoms with van der Waals surface area (Å²) in [5.41, 5.74) is 16.1. The number of aliphatic hydroxyl groups excluding tert-OH is 1. The molecule has 0 aromatic heterocycles. The number of aliphatic carboxylic acids is 1. The molecule has 5 atom stereocenters. The molecule has 3 amide bonds. The smallest absolute Gasteiger partial charge is 0.325 e. The Kier molecular flexibility index (Phi) is 12.4. The van der Waals surface area contributed by atoms with Gasteiger partial charge in [0.15, 0.2) is 5.96 Å². The van der Waals surface area contributed by atoms with Gasteiger partial charge in [-0.15, -0.1) is 0 Å². The lowest BCUT2D eigenvalue weighted by atomic mass is 10.1. The van der Waals surface area contributed by atoms with Crippen molar-refractivity contribution in [2.45, 2.75) is 57.0 Å². The molecule has 0 heterocycles. The molecule has 30 heavy (non-hydrogen) atoms. The van der Waals surface area contributed by atoms with Crippen molar-refractivity contribution in [2.75, 3.05) is 12.3 Å². The van der Waals surface area contributed by atoms with E-state index in [9.17, 15) is 24.3 Å². The fraction of sp³-hybridized carbons (Fsp3) is 0.688. The van der Waals surface area contributed by atoms with Crippen LogP contribution in [0, 0.1) is 0 Å². The maximum atomic E-state index is 12.6. The highest BCUT2D eigenvalue weighted by Gasteiger charge is 2.29. The van der Waals surface area contributed by atoms with Crippen molar-refractivity contribution in [3.63, 3.8) is 0 Å². The zero-order chi connectivity index (χ0) is 23.4. The lowest BCUT2D eigenvalue weighted by Crippen LogP contribution is -2.58. The van der Waals surface area contributed by atoms with Crippen LogP contribution in [0.3, 0.4) is 0 Å². The van der Waals surface area contributed by atoms with Crippen LogP contribution in [-0.2, 0) is 19.2 Å². The summed E-state index contributed by atoms with van der Waals surface area (Å²) in [6.07, 6.45) is -0.731. The van der Waals surface area contributed by atoms with Crippen molar-refractivity contribution in [3.05, 3.63) is 0 Å². The molecular weight excluding hydrogens is 418 g/mol. The van der Waals surface area contributed by atoms with E-state index in [0.717, 1.165) is 0 Å². The average Bonchev–Trinajstić information content (AvgIpc) is 2.66. The third kappa shape index (κ3) is 10.3. The topological polar surface area (TPSA) is 235 Å².